The molecule has 2 heterocycles. The van der Waals surface area contributed by atoms with E-state index in [1.54, 1.807) is 55.7 Å². The molecule has 2 N–H and O–H groups in total. The molecular formula is C23H19N5O3. The third kappa shape index (κ3) is 4.43. The largest absolute Gasteiger partial charge is 0.497 e. The van der Waals surface area contributed by atoms with Gasteiger partial charge in [0.15, 0.2) is 0 Å². The molecule has 31 heavy (non-hydrogen) atoms. The number of pyridine rings is 1. The molecule has 4 rings (SSSR count). The van der Waals surface area contributed by atoms with E-state index in [2.05, 4.69) is 20.8 Å². The number of benzene rings is 2. The van der Waals surface area contributed by atoms with Crippen molar-refractivity contribution in [2.75, 3.05) is 12.0 Å². The summed E-state index contributed by atoms with van der Waals surface area (Å²) < 4.78 is 5.16. The van der Waals surface area contributed by atoms with Gasteiger partial charge in [-0.2, -0.15) is 0 Å². The van der Waals surface area contributed by atoms with Gasteiger partial charge in [0.05, 0.1) is 12.8 Å². The number of hydrazine groups is 1. The van der Waals surface area contributed by atoms with Crippen LogP contribution in [0, 0.1) is 0 Å². The van der Waals surface area contributed by atoms with E-state index >= 15 is 0 Å². The average Bonchev–Trinajstić information content (AvgIpc) is 3.14. The van der Waals surface area contributed by atoms with Crippen molar-refractivity contribution in [3.8, 4) is 5.75 Å². The smallest absolute Gasteiger partial charge is 0.288 e. The maximum atomic E-state index is 13.1. The van der Waals surface area contributed by atoms with Gasteiger partial charge >= 0.3 is 0 Å². The number of hydrogen-bond acceptors (Lipinski definition) is 6. The Balaban J connectivity index is 1.61. The van der Waals surface area contributed by atoms with Crippen LogP contribution in [0.25, 0.3) is 6.08 Å². The highest BCUT2D eigenvalue weighted by atomic mass is 16.5. The summed E-state index contributed by atoms with van der Waals surface area (Å²) in [7, 11) is 1.59. The topological polar surface area (TPSA) is 95.9 Å². The number of carbonyl (C=O) groups is 2. The van der Waals surface area contributed by atoms with E-state index in [9.17, 15) is 9.59 Å². The lowest BCUT2D eigenvalue weighted by Crippen LogP contribution is -2.49. The number of nitrogens with zero attached hydrogens (tertiary/aromatic N) is 3. The van der Waals surface area contributed by atoms with Crippen molar-refractivity contribution in [2.24, 2.45) is 4.99 Å². The Kier molecular flexibility index (Phi) is 5.70. The van der Waals surface area contributed by atoms with Crippen molar-refractivity contribution in [1.29, 1.82) is 0 Å². The molecule has 0 bridgehead atoms. The molecule has 1 aliphatic heterocycles. The standard InChI is InChI=1S/C23H19N5O3/c1-31-18-12-10-16(11-13-18)15-20-22(30)28(17-7-3-2-4-8-17)23(25-20)27-26-21(29)19-9-5-6-14-24-19/h2-15H,1H3,(H,25,27)(H,26,29)/b20-15+. The molecule has 0 saturated heterocycles. The number of hydrogen-bond donors (Lipinski definition) is 2. The van der Waals surface area contributed by atoms with E-state index in [0.29, 0.717) is 11.4 Å². The van der Waals surface area contributed by atoms with Gasteiger partial charge in [-0.3, -0.25) is 25.4 Å². The van der Waals surface area contributed by atoms with Crippen molar-refractivity contribution < 1.29 is 14.3 Å². The fraction of sp³-hybridized carbons (Fsp3) is 0.0435. The first-order chi connectivity index (χ1) is 15.2. The Morgan fingerprint density at radius 2 is 1.74 bits per heavy atom. The molecule has 0 atom stereocenters. The predicted octanol–water partition coefficient (Wildman–Crippen LogP) is 2.77. The molecule has 0 fully saturated rings. The molecule has 8 nitrogen and oxygen atoms in total. The summed E-state index contributed by atoms with van der Waals surface area (Å²) in [6, 6.07) is 21.3. The van der Waals surface area contributed by atoms with Crippen molar-refractivity contribution in [3.63, 3.8) is 0 Å². The second-order valence-electron chi connectivity index (χ2n) is 6.51. The number of methoxy groups -OCH3 is 1. The first-order valence-electron chi connectivity index (χ1n) is 9.47. The number of aromatic nitrogens is 1. The van der Waals surface area contributed by atoms with Gasteiger partial charge in [0.2, 0.25) is 5.96 Å². The maximum absolute atomic E-state index is 13.1. The summed E-state index contributed by atoms with van der Waals surface area (Å²) >= 11 is 0. The third-order valence-corrected chi connectivity index (χ3v) is 4.48. The van der Waals surface area contributed by atoms with Gasteiger partial charge in [0.25, 0.3) is 11.8 Å². The summed E-state index contributed by atoms with van der Waals surface area (Å²) in [5.41, 5.74) is 7.16. The number of para-hydroxylation sites is 1. The highest BCUT2D eigenvalue weighted by molar-refractivity contribution is 6.28. The lowest BCUT2D eigenvalue weighted by Gasteiger charge is -2.19. The Morgan fingerprint density at radius 3 is 2.42 bits per heavy atom. The van der Waals surface area contributed by atoms with Crippen LogP contribution in [0.1, 0.15) is 16.1 Å². The Bertz CT molecular complexity index is 1140. The van der Waals surface area contributed by atoms with Crippen LogP contribution >= 0.6 is 0 Å². The molecule has 1 aromatic heterocycles. The predicted molar refractivity (Wildman–Crippen MR) is 117 cm³/mol. The Labute approximate surface area is 178 Å². The van der Waals surface area contributed by atoms with Crippen LogP contribution in [0.4, 0.5) is 5.69 Å². The second kappa shape index (κ2) is 8.91. The molecule has 0 unspecified atom stereocenters. The minimum Gasteiger partial charge on any atom is -0.497 e. The van der Waals surface area contributed by atoms with Gasteiger partial charge < -0.3 is 4.74 Å². The van der Waals surface area contributed by atoms with E-state index in [4.69, 9.17) is 4.74 Å². The zero-order valence-corrected chi connectivity index (χ0v) is 16.6. The third-order valence-electron chi connectivity index (χ3n) is 4.48. The van der Waals surface area contributed by atoms with Crippen LogP contribution < -0.4 is 20.5 Å². The minimum atomic E-state index is -0.448. The molecule has 8 heteroatoms. The van der Waals surface area contributed by atoms with E-state index < -0.39 is 5.91 Å². The number of ether oxygens (including phenoxy) is 1. The van der Waals surface area contributed by atoms with Gasteiger partial charge in [0.1, 0.15) is 17.1 Å². The lowest BCUT2D eigenvalue weighted by atomic mass is 10.2. The van der Waals surface area contributed by atoms with E-state index in [0.717, 1.165) is 5.56 Å². The molecule has 0 spiro atoms. The minimum absolute atomic E-state index is 0.181. The molecule has 1 aliphatic rings. The van der Waals surface area contributed by atoms with Crippen LogP contribution in [0.2, 0.25) is 0 Å². The summed E-state index contributed by atoms with van der Waals surface area (Å²) in [5.74, 6) is 0.127. The van der Waals surface area contributed by atoms with Crippen molar-refractivity contribution in [2.45, 2.75) is 0 Å². The van der Waals surface area contributed by atoms with Crippen LogP contribution in [-0.4, -0.2) is 29.9 Å². The highest BCUT2D eigenvalue weighted by Gasteiger charge is 2.32. The molecule has 154 valence electrons. The van der Waals surface area contributed by atoms with Crippen molar-refractivity contribution in [1.82, 2.24) is 15.8 Å². The van der Waals surface area contributed by atoms with Gasteiger partial charge in [-0.15, -0.1) is 0 Å². The Hall–Kier alpha value is -4.46. The zero-order chi connectivity index (χ0) is 21.6. The van der Waals surface area contributed by atoms with Gasteiger partial charge in [-0.25, -0.2) is 9.89 Å². The summed E-state index contributed by atoms with van der Waals surface area (Å²) in [5, 5.41) is 0. The molecule has 0 aliphatic carbocycles. The SMILES string of the molecule is COc1ccc(/C=C2/N=C(NNC(=O)c3ccccn3)N(c3ccccc3)C2=O)cc1. The first-order valence-corrected chi connectivity index (χ1v) is 9.47. The fourth-order valence-electron chi connectivity index (χ4n) is 2.95. The quantitative estimate of drug-likeness (QED) is 0.507. The number of nitrogens with one attached hydrogen (secondary N) is 2. The van der Waals surface area contributed by atoms with E-state index in [-0.39, 0.29) is 23.3 Å². The van der Waals surface area contributed by atoms with Crippen LogP contribution in [0.3, 0.4) is 0 Å². The fourth-order valence-corrected chi connectivity index (χ4v) is 2.95. The van der Waals surface area contributed by atoms with Crippen LogP contribution in [-0.2, 0) is 4.79 Å². The van der Waals surface area contributed by atoms with Crippen LogP contribution in [0.5, 0.6) is 5.75 Å². The van der Waals surface area contributed by atoms with Gasteiger partial charge in [0, 0.05) is 6.20 Å². The lowest BCUT2D eigenvalue weighted by molar-refractivity contribution is -0.113. The second-order valence-corrected chi connectivity index (χ2v) is 6.51. The molecule has 0 radical (unpaired) electrons. The van der Waals surface area contributed by atoms with Gasteiger partial charge in [-0.1, -0.05) is 36.4 Å². The number of aliphatic imine (C=N–C) groups is 1. The molecule has 2 amide bonds. The van der Waals surface area contributed by atoms with E-state index in [1.165, 1.54) is 11.1 Å². The number of anilines is 1. The number of guanidine groups is 1. The van der Waals surface area contributed by atoms with Crippen molar-refractivity contribution in [3.05, 3.63) is 95.9 Å². The monoisotopic (exact) mass is 413 g/mol. The Morgan fingerprint density at radius 1 is 1.00 bits per heavy atom. The summed E-state index contributed by atoms with van der Waals surface area (Å²) in [6.07, 6.45) is 3.20. The molecular weight excluding hydrogens is 394 g/mol. The normalized spacial score (nSPS) is 14.4. The zero-order valence-electron chi connectivity index (χ0n) is 16.6. The van der Waals surface area contributed by atoms with Crippen LogP contribution in [0.15, 0.2) is 89.7 Å². The van der Waals surface area contributed by atoms with Crippen molar-refractivity contribution >= 4 is 29.5 Å². The van der Waals surface area contributed by atoms with E-state index in [1.807, 2.05) is 30.3 Å². The first kappa shape index (κ1) is 19.8. The molecule has 2 aromatic carbocycles. The average molecular weight is 413 g/mol. The molecule has 0 saturated carbocycles. The number of rotatable bonds is 4. The van der Waals surface area contributed by atoms with Gasteiger partial charge in [-0.05, 0) is 48.0 Å². The summed E-state index contributed by atoms with van der Waals surface area (Å²) in [4.78, 5) is 35.3. The summed E-state index contributed by atoms with van der Waals surface area (Å²) in [6.45, 7) is 0. The highest BCUT2D eigenvalue weighted by Crippen LogP contribution is 2.24. The number of carbonyl (C=O) groups excluding carboxylic acids is 2. The number of amides is 2. The maximum Gasteiger partial charge on any atom is 0.288 e. The molecule has 3 aromatic rings.